The fourth-order valence-electron chi connectivity index (χ4n) is 0. The van der Waals surface area contributed by atoms with Crippen LogP contribution in [0.2, 0.25) is 0 Å². The monoisotopic (exact) mass is 182 g/mol. The third-order valence-electron chi connectivity index (χ3n) is 0. The van der Waals surface area contributed by atoms with E-state index in [0.717, 1.165) is 0 Å². The summed E-state index contributed by atoms with van der Waals surface area (Å²) >= 11 is 0. The molecule has 4 heteroatoms. The zero-order chi connectivity index (χ0) is 2.71. The lowest BCUT2D eigenvalue weighted by Gasteiger charge is -1.41. The van der Waals surface area contributed by atoms with Crippen molar-refractivity contribution >= 4 is 24.0 Å². The lowest BCUT2D eigenvalue weighted by Crippen LogP contribution is -1.26. The maximum absolute atomic E-state index is 9.12. The van der Waals surface area contributed by atoms with Gasteiger partial charge in [0.1, 0.15) is 0 Å². The van der Waals surface area contributed by atoms with Crippen molar-refractivity contribution in [1.29, 1.82) is 0 Å². The van der Waals surface area contributed by atoms with Gasteiger partial charge in [0.2, 0.25) is 0 Å². The maximum Gasteiger partial charge on any atom is 0.0209 e. The Labute approximate surface area is 38.8 Å². The van der Waals surface area contributed by atoms with Gasteiger partial charge in [0, 0.05) is 5.15 Å². The molecule has 0 saturated heterocycles. The summed E-state index contributed by atoms with van der Waals surface area (Å²) in [7, 11) is 0. The molecule has 1 nitrogen and oxygen atoms in total. The lowest BCUT2D eigenvalue weighted by molar-refractivity contribution is -0.317. The molecule has 0 spiro atoms. The van der Waals surface area contributed by atoms with Crippen LogP contribution in [0.3, 0.4) is 0 Å². The Balaban J connectivity index is 0. The van der Waals surface area contributed by atoms with Gasteiger partial charge in [-0.1, -0.05) is 0 Å². The van der Waals surface area contributed by atoms with Crippen LogP contribution in [0, 0.1) is 0 Å². The number of hydrogen-bond donors (Lipinski definition) is 0. The molecule has 0 aromatic rings. The Hall–Kier alpha value is 0.550. The van der Waals surface area contributed by atoms with Gasteiger partial charge in [0.25, 0.3) is 0 Å². The molecule has 0 atom stereocenters. The van der Waals surface area contributed by atoms with E-state index in [1.807, 2.05) is 0 Å². The third-order valence-corrected chi connectivity index (χ3v) is 0. The number of halogens is 3. The molecule has 0 aliphatic carbocycles. The van der Waals surface area contributed by atoms with Crippen molar-refractivity contribution in [2.75, 3.05) is 0 Å². The molecule has 0 N–H and O–H groups in total. The Morgan fingerprint density at radius 3 is 1.25 bits per heavy atom. The molecule has 0 heterocycles. The first-order valence-electron chi connectivity index (χ1n) is 0.309. The van der Waals surface area contributed by atoms with Crippen molar-refractivity contribution in [3.05, 3.63) is 0 Å². The zero-order valence-corrected chi connectivity index (χ0v) is 3.90. The maximum atomic E-state index is 9.12. The van der Waals surface area contributed by atoms with Gasteiger partial charge >= 0.3 is 0 Å². The molecule has 0 saturated carbocycles. The van der Waals surface area contributed by atoms with Gasteiger partial charge in [-0.05, 0) is 9.05 Å². The van der Waals surface area contributed by atoms with Gasteiger partial charge < -0.3 is 0 Å². The summed E-state index contributed by atoms with van der Waals surface area (Å²) in [4.78, 5) is 0. The van der Waals surface area contributed by atoms with Crippen LogP contribution in [-0.4, -0.2) is 0 Å². The first-order valence-corrected chi connectivity index (χ1v) is 0.309. The molecule has 0 amide bonds. The number of rotatable bonds is 0. The molecule has 4 heavy (non-hydrogen) atoms. The van der Waals surface area contributed by atoms with Crippen LogP contribution in [-0.2, 0) is 5.15 Å². The second kappa shape index (κ2) is 9.61. The van der Waals surface area contributed by atoms with Gasteiger partial charge in [-0.2, -0.15) is 0 Å². The molecular weight excluding hydrogens is 181 g/mol. The van der Waals surface area contributed by atoms with Gasteiger partial charge in [0.05, 0.1) is 0 Å². The highest BCUT2D eigenvalue weighted by Gasteiger charge is 1.42. The Morgan fingerprint density at radius 1 is 1.25 bits per heavy atom. The topological polar surface area (TPSA) is 9.23 Å². The van der Waals surface area contributed by atoms with Crippen LogP contribution in [0.25, 0.3) is 0 Å². The molecule has 0 rings (SSSR count). The molecule has 0 aromatic heterocycles. The normalized spacial score (nSPS) is 4.50. The minimum atomic E-state index is 0. The molecule has 28 valence electrons. The van der Waals surface area contributed by atoms with E-state index in [0.29, 0.717) is 0 Å². The van der Waals surface area contributed by atoms with Crippen LogP contribution in [0.15, 0.2) is 0 Å². The van der Waals surface area contributed by atoms with Crippen molar-refractivity contribution in [2.24, 2.45) is 0 Å². The quantitative estimate of drug-likeness (QED) is 0.514. The van der Waals surface area contributed by atoms with E-state index in [1.165, 1.54) is 5.15 Å². The minimum Gasteiger partial charge on any atom is -0.107 e. The standard InChI is InChI=1S/F2O.HI/c1-3-2;/h;1H. The Bertz CT molecular complexity index is 6.00. The lowest BCUT2D eigenvalue weighted by atomic mass is 15.4. The average molecular weight is 182 g/mol. The van der Waals surface area contributed by atoms with E-state index in [-0.39, 0.29) is 24.0 Å². The van der Waals surface area contributed by atoms with Crippen LogP contribution in [0.4, 0.5) is 9.05 Å². The zero-order valence-electron chi connectivity index (χ0n) is 1.57. The molecule has 0 fully saturated rings. The SMILES string of the molecule is FOF.I. The van der Waals surface area contributed by atoms with E-state index >= 15 is 0 Å². The minimum absolute atomic E-state index is 0. The van der Waals surface area contributed by atoms with Crippen molar-refractivity contribution in [2.45, 2.75) is 0 Å². The second-order valence-corrected chi connectivity index (χ2v) is 0.0583. The van der Waals surface area contributed by atoms with Crippen LogP contribution in [0.1, 0.15) is 0 Å². The molecule has 0 unspecified atom stereocenters. The van der Waals surface area contributed by atoms with Crippen LogP contribution < -0.4 is 0 Å². The van der Waals surface area contributed by atoms with E-state index in [1.54, 1.807) is 0 Å². The van der Waals surface area contributed by atoms with Crippen molar-refractivity contribution < 1.29 is 14.2 Å². The smallest absolute Gasteiger partial charge is 0.0209 e. The van der Waals surface area contributed by atoms with Crippen LogP contribution >= 0.6 is 24.0 Å². The molecule has 0 aliphatic heterocycles. The fourth-order valence-corrected chi connectivity index (χ4v) is 0. The van der Waals surface area contributed by atoms with E-state index in [9.17, 15) is 0 Å². The predicted octanol–water partition coefficient (Wildman–Crippen LogP) is 1.39. The van der Waals surface area contributed by atoms with Gasteiger partial charge in [-0.3, -0.25) is 0 Å². The van der Waals surface area contributed by atoms with E-state index in [4.69, 9.17) is 9.05 Å². The van der Waals surface area contributed by atoms with Crippen molar-refractivity contribution in [1.82, 2.24) is 0 Å². The summed E-state index contributed by atoms with van der Waals surface area (Å²) in [6.07, 6.45) is 0. The summed E-state index contributed by atoms with van der Waals surface area (Å²) in [6, 6.07) is 0. The predicted molar refractivity (Wildman–Crippen MR) is 18.7 cm³/mol. The summed E-state index contributed by atoms with van der Waals surface area (Å²) in [5.41, 5.74) is 0. The molecule has 0 aliphatic rings. The summed E-state index contributed by atoms with van der Waals surface area (Å²) in [5.74, 6) is 0. The highest BCUT2D eigenvalue weighted by atomic mass is 127. The van der Waals surface area contributed by atoms with Crippen LogP contribution in [0.5, 0.6) is 0 Å². The largest absolute Gasteiger partial charge is 0.107 e. The molecule has 0 bridgehead atoms. The van der Waals surface area contributed by atoms with Gasteiger partial charge in [-0.25, -0.2) is 0 Å². The molecule has 0 aromatic carbocycles. The molecule has 0 radical (unpaired) electrons. The first-order chi connectivity index (χ1) is 1.41. The Morgan fingerprint density at radius 2 is 1.25 bits per heavy atom. The van der Waals surface area contributed by atoms with Gasteiger partial charge in [-0.15, -0.1) is 24.0 Å². The highest BCUT2D eigenvalue weighted by molar-refractivity contribution is 14.0. The highest BCUT2D eigenvalue weighted by Crippen LogP contribution is 1.61. The van der Waals surface area contributed by atoms with Crippen molar-refractivity contribution in [3.63, 3.8) is 0 Å². The van der Waals surface area contributed by atoms with Crippen molar-refractivity contribution in [3.8, 4) is 0 Å². The molecular formula is HF2IO. The average Bonchev–Trinajstić information content (AvgIpc) is 0.918. The number of hydrogen-bond acceptors (Lipinski definition) is 1. The second-order valence-electron chi connectivity index (χ2n) is 0.0583. The van der Waals surface area contributed by atoms with E-state index < -0.39 is 0 Å². The fraction of sp³-hybridized carbons (Fsp3) is 0. The third kappa shape index (κ3) is 20.3. The summed E-state index contributed by atoms with van der Waals surface area (Å²) in [5, 5.41) is 1.25. The summed E-state index contributed by atoms with van der Waals surface area (Å²) < 4.78 is 18.2. The summed E-state index contributed by atoms with van der Waals surface area (Å²) in [6.45, 7) is 0. The Kier molecular flexibility index (Phi) is 21.2. The first kappa shape index (κ1) is 8.82. The van der Waals surface area contributed by atoms with Gasteiger partial charge in [0.15, 0.2) is 0 Å². The van der Waals surface area contributed by atoms with E-state index in [2.05, 4.69) is 0 Å².